The van der Waals surface area contributed by atoms with Gasteiger partial charge in [-0.05, 0) is 31.5 Å². The van der Waals surface area contributed by atoms with Crippen molar-refractivity contribution in [2.75, 3.05) is 7.11 Å². The van der Waals surface area contributed by atoms with Crippen LogP contribution >= 0.6 is 0 Å². The molecule has 1 aromatic heterocycles. The zero-order valence-electron chi connectivity index (χ0n) is 11.9. The number of aryl methyl sites for hydroxylation is 1. The Balaban J connectivity index is 2.67. The molecule has 0 saturated carbocycles. The fourth-order valence-corrected chi connectivity index (χ4v) is 2.12. The maximum atomic E-state index is 12.4. The molecule has 1 aromatic carbocycles. The summed E-state index contributed by atoms with van der Waals surface area (Å²) in [6.45, 7) is 5.92. The van der Waals surface area contributed by atoms with Crippen molar-refractivity contribution in [2.24, 2.45) is 5.92 Å². The van der Waals surface area contributed by atoms with Gasteiger partial charge in [0, 0.05) is 22.6 Å². The number of aromatic nitrogens is 1. The summed E-state index contributed by atoms with van der Waals surface area (Å²) in [5, 5.41) is 0.871. The van der Waals surface area contributed by atoms with Crippen molar-refractivity contribution in [3.05, 3.63) is 35.5 Å². The minimum atomic E-state index is 0.0258. The monoisotopic (exact) mass is 257 g/mol. The summed E-state index contributed by atoms with van der Waals surface area (Å²) < 4.78 is 5.33. The number of benzene rings is 1. The quantitative estimate of drug-likeness (QED) is 0.782. The molecule has 0 saturated heterocycles. The molecule has 0 bridgehead atoms. The van der Waals surface area contributed by atoms with Gasteiger partial charge in [0.05, 0.1) is 7.11 Å². The smallest absolute Gasteiger partial charge is 0.166 e. The standard InChI is InChI=1S/C16H19NO2/c1-5-10(2)16(18)13-8-9-14(19-4)15-12(13)7-6-11(3)17-15/h6-10H,5H2,1-4H3. The first-order chi connectivity index (χ1) is 9.08. The Labute approximate surface area is 113 Å². The van der Waals surface area contributed by atoms with Gasteiger partial charge in [0.2, 0.25) is 0 Å². The van der Waals surface area contributed by atoms with Crippen LogP contribution < -0.4 is 4.74 Å². The molecule has 0 amide bonds. The Morgan fingerprint density at radius 2 is 2.05 bits per heavy atom. The van der Waals surface area contributed by atoms with E-state index in [4.69, 9.17) is 4.74 Å². The number of pyridine rings is 1. The molecule has 0 radical (unpaired) electrons. The Morgan fingerprint density at radius 1 is 1.32 bits per heavy atom. The second-order valence-electron chi connectivity index (χ2n) is 4.84. The van der Waals surface area contributed by atoms with E-state index < -0.39 is 0 Å². The molecule has 19 heavy (non-hydrogen) atoms. The third kappa shape index (κ3) is 2.46. The predicted molar refractivity (Wildman–Crippen MR) is 76.8 cm³/mol. The second-order valence-corrected chi connectivity index (χ2v) is 4.84. The van der Waals surface area contributed by atoms with Crippen molar-refractivity contribution in [3.63, 3.8) is 0 Å². The number of methoxy groups -OCH3 is 1. The summed E-state index contributed by atoms with van der Waals surface area (Å²) in [5.74, 6) is 0.901. The summed E-state index contributed by atoms with van der Waals surface area (Å²) >= 11 is 0. The van der Waals surface area contributed by atoms with Gasteiger partial charge < -0.3 is 4.74 Å². The molecule has 0 N–H and O–H groups in total. The van der Waals surface area contributed by atoms with E-state index in [-0.39, 0.29) is 11.7 Å². The van der Waals surface area contributed by atoms with E-state index in [0.29, 0.717) is 5.75 Å². The van der Waals surface area contributed by atoms with Crippen LogP contribution in [0.4, 0.5) is 0 Å². The maximum Gasteiger partial charge on any atom is 0.166 e. The number of Topliss-reactive ketones (excluding diaryl/α,β-unsaturated/α-hetero) is 1. The van der Waals surface area contributed by atoms with E-state index in [1.54, 1.807) is 7.11 Å². The number of ether oxygens (including phenoxy) is 1. The Morgan fingerprint density at radius 3 is 2.68 bits per heavy atom. The zero-order valence-corrected chi connectivity index (χ0v) is 11.9. The molecule has 0 spiro atoms. The first-order valence-corrected chi connectivity index (χ1v) is 6.57. The largest absolute Gasteiger partial charge is 0.494 e. The summed E-state index contributed by atoms with van der Waals surface area (Å²) in [5.41, 5.74) is 2.41. The van der Waals surface area contributed by atoms with E-state index in [0.717, 1.165) is 28.6 Å². The first kappa shape index (κ1) is 13.5. The van der Waals surface area contributed by atoms with Crippen LogP contribution in [0.1, 0.15) is 36.3 Å². The van der Waals surface area contributed by atoms with Crippen LogP contribution in [0.15, 0.2) is 24.3 Å². The number of nitrogens with zero attached hydrogens (tertiary/aromatic N) is 1. The minimum absolute atomic E-state index is 0.0258. The summed E-state index contributed by atoms with van der Waals surface area (Å²) in [4.78, 5) is 16.9. The molecule has 0 aliphatic heterocycles. The number of carbonyl (C=O) groups excluding carboxylic acids is 1. The van der Waals surface area contributed by atoms with E-state index in [9.17, 15) is 4.79 Å². The molecule has 3 nitrogen and oxygen atoms in total. The molecule has 1 unspecified atom stereocenters. The summed E-state index contributed by atoms with van der Waals surface area (Å²) in [6, 6.07) is 7.54. The predicted octanol–water partition coefficient (Wildman–Crippen LogP) is 3.78. The highest BCUT2D eigenvalue weighted by Crippen LogP contribution is 2.29. The normalized spacial score (nSPS) is 12.4. The van der Waals surface area contributed by atoms with E-state index in [1.165, 1.54) is 0 Å². The topological polar surface area (TPSA) is 39.2 Å². The first-order valence-electron chi connectivity index (χ1n) is 6.57. The number of hydrogen-bond acceptors (Lipinski definition) is 3. The molecule has 2 rings (SSSR count). The lowest BCUT2D eigenvalue weighted by atomic mass is 9.94. The van der Waals surface area contributed by atoms with Gasteiger partial charge in [0.1, 0.15) is 11.3 Å². The van der Waals surface area contributed by atoms with Gasteiger partial charge in [-0.3, -0.25) is 4.79 Å². The van der Waals surface area contributed by atoms with Gasteiger partial charge >= 0.3 is 0 Å². The minimum Gasteiger partial charge on any atom is -0.494 e. The molecular weight excluding hydrogens is 238 g/mol. The van der Waals surface area contributed by atoms with E-state index >= 15 is 0 Å². The number of carbonyl (C=O) groups is 1. The SMILES string of the molecule is CCC(C)C(=O)c1ccc(OC)c2nc(C)ccc12. The van der Waals surface area contributed by atoms with Crippen molar-refractivity contribution in [2.45, 2.75) is 27.2 Å². The number of fused-ring (bicyclic) bond motifs is 1. The van der Waals surface area contributed by atoms with Crippen molar-refractivity contribution in [3.8, 4) is 5.75 Å². The fraction of sp³-hybridized carbons (Fsp3) is 0.375. The van der Waals surface area contributed by atoms with Gasteiger partial charge in [0.25, 0.3) is 0 Å². The molecule has 3 heteroatoms. The van der Waals surface area contributed by atoms with Gasteiger partial charge in [-0.25, -0.2) is 4.98 Å². The van der Waals surface area contributed by atoms with Crippen LogP contribution in [0.2, 0.25) is 0 Å². The van der Waals surface area contributed by atoms with Gasteiger partial charge in [-0.1, -0.05) is 19.9 Å². The molecular formula is C16H19NO2. The van der Waals surface area contributed by atoms with E-state index in [1.807, 2.05) is 45.0 Å². The van der Waals surface area contributed by atoms with Crippen LogP contribution in [-0.2, 0) is 0 Å². The Kier molecular flexibility index (Phi) is 3.84. The van der Waals surface area contributed by atoms with Gasteiger partial charge in [0.15, 0.2) is 5.78 Å². The molecule has 0 fully saturated rings. The highest BCUT2D eigenvalue weighted by molar-refractivity contribution is 6.09. The average Bonchev–Trinajstić information content (AvgIpc) is 2.44. The number of ketones is 1. The molecule has 2 aromatic rings. The zero-order chi connectivity index (χ0) is 14.0. The van der Waals surface area contributed by atoms with Crippen LogP contribution in [0.25, 0.3) is 10.9 Å². The third-order valence-corrected chi connectivity index (χ3v) is 3.50. The average molecular weight is 257 g/mol. The van der Waals surface area contributed by atoms with Crippen LogP contribution in [0.5, 0.6) is 5.75 Å². The Hall–Kier alpha value is -1.90. The maximum absolute atomic E-state index is 12.4. The van der Waals surface area contributed by atoms with Crippen LogP contribution in [0.3, 0.4) is 0 Å². The molecule has 1 atom stereocenters. The van der Waals surface area contributed by atoms with Gasteiger partial charge in [-0.15, -0.1) is 0 Å². The number of hydrogen-bond donors (Lipinski definition) is 0. The lowest BCUT2D eigenvalue weighted by molar-refractivity contribution is 0.0929. The molecule has 100 valence electrons. The molecule has 0 aliphatic carbocycles. The molecule has 1 heterocycles. The highest BCUT2D eigenvalue weighted by Gasteiger charge is 2.18. The van der Waals surface area contributed by atoms with Crippen molar-refractivity contribution < 1.29 is 9.53 Å². The fourth-order valence-electron chi connectivity index (χ4n) is 2.12. The van der Waals surface area contributed by atoms with Crippen LogP contribution in [-0.4, -0.2) is 17.9 Å². The lowest BCUT2D eigenvalue weighted by Crippen LogP contribution is -2.11. The Bertz CT molecular complexity index is 619. The summed E-state index contributed by atoms with van der Waals surface area (Å²) in [6.07, 6.45) is 0.839. The number of rotatable bonds is 4. The van der Waals surface area contributed by atoms with E-state index in [2.05, 4.69) is 4.98 Å². The highest BCUT2D eigenvalue weighted by atomic mass is 16.5. The van der Waals surface area contributed by atoms with Crippen molar-refractivity contribution in [1.82, 2.24) is 4.98 Å². The summed E-state index contributed by atoms with van der Waals surface area (Å²) in [7, 11) is 1.62. The van der Waals surface area contributed by atoms with Crippen molar-refractivity contribution >= 4 is 16.7 Å². The third-order valence-electron chi connectivity index (χ3n) is 3.50. The van der Waals surface area contributed by atoms with Crippen molar-refractivity contribution in [1.29, 1.82) is 0 Å². The van der Waals surface area contributed by atoms with Gasteiger partial charge in [-0.2, -0.15) is 0 Å². The van der Waals surface area contributed by atoms with Crippen LogP contribution in [0, 0.1) is 12.8 Å². The second kappa shape index (κ2) is 5.39. The lowest BCUT2D eigenvalue weighted by Gasteiger charge is -2.12. The molecule has 0 aliphatic rings.